The van der Waals surface area contributed by atoms with Gasteiger partial charge >= 0.3 is 6.09 Å². The van der Waals surface area contributed by atoms with Gasteiger partial charge in [-0.15, -0.1) is 0 Å². The van der Waals surface area contributed by atoms with E-state index in [9.17, 15) is 27.9 Å². The molecule has 1 saturated heterocycles. The summed E-state index contributed by atoms with van der Waals surface area (Å²) in [7, 11) is -2.40. The van der Waals surface area contributed by atoms with Crippen LogP contribution in [0.25, 0.3) is 0 Å². The van der Waals surface area contributed by atoms with Crippen LogP contribution in [0.1, 0.15) is 78.4 Å². The Hall–Kier alpha value is -4.42. The molecule has 0 spiro atoms. The highest BCUT2D eigenvalue weighted by atomic mass is 32.2. The van der Waals surface area contributed by atoms with Crippen LogP contribution < -0.4 is 14.9 Å². The molecule has 3 N–H and O–H groups in total. The number of amides is 3. The third-order valence-electron chi connectivity index (χ3n) is 8.30. The number of rotatable bonds is 11. The van der Waals surface area contributed by atoms with Crippen LogP contribution in [-0.4, -0.2) is 80.0 Å². The molecule has 0 aliphatic carbocycles. The number of hydrogen-bond donors (Lipinski definition) is 3. The number of aliphatic hydroxyl groups excluding tert-OH is 1. The summed E-state index contributed by atoms with van der Waals surface area (Å²) >= 11 is 0. The molecule has 258 valence electrons. The molecule has 1 heterocycles. The second kappa shape index (κ2) is 15.2. The molecule has 1 unspecified atom stereocenters. The summed E-state index contributed by atoms with van der Waals surface area (Å²) in [5.41, 5.74) is 1.24. The van der Waals surface area contributed by atoms with Gasteiger partial charge in [-0.25, -0.2) is 13.2 Å². The van der Waals surface area contributed by atoms with E-state index in [1.165, 1.54) is 30.1 Å². The van der Waals surface area contributed by atoms with Crippen molar-refractivity contribution in [2.45, 2.75) is 76.8 Å². The molecule has 3 aromatic rings. The number of hydrogen-bond acceptors (Lipinski definition) is 7. The molecule has 1 fully saturated rings. The third-order valence-corrected chi connectivity index (χ3v) is 9.50. The fourth-order valence-electron chi connectivity index (χ4n) is 5.69. The van der Waals surface area contributed by atoms with Crippen LogP contribution in [0.3, 0.4) is 0 Å². The Morgan fingerprint density at radius 2 is 1.52 bits per heavy atom. The van der Waals surface area contributed by atoms with Crippen molar-refractivity contribution >= 4 is 33.6 Å². The summed E-state index contributed by atoms with van der Waals surface area (Å²) in [6.07, 6.45) is 0.747. The zero-order valence-electron chi connectivity index (χ0n) is 28.3. The quantitative estimate of drug-likeness (QED) is 0.267. The number of benzene rings is 3. The third kappa shape index (κ3) is 9.57. The van der Waals surface area contributed by atoms with Crippen LogP contribution in [-0.2, 0) is 21.2 Å². The Kier molecular flexibility index (Phi) is 11.5. The molecule has 4 rings (SSSR count). The van der Waals surface area contributed by atoms with Gasteiger partial charge < -0.3 is 25.4 Å². The number of nitrogens with one attached hydrogen (secondary N) is 2. The number of carbonyl (C=O) groups is 3. The van der Waals surface area contributed by atoms with Gasteiger partial charge in [-0.05, 0) is 76.3 Å². The highest BCUT2D eigenvalue weighted by molar-refractivity contribution is 7.92. The second-order valence-corrected chi connectivity index (χ2v) is 15.3. The molecule has 0 bridgehead atoms. The van der Waals surface area contributed by atoms with Gasteiger partial charge in [0.1, 0.15) is 5.60 Å². The summed E-state index contributed by atoms with van der Waals surface area (Å²) in [6.45, 7) is 7.56. The molecule has 0 aromatic heterocycles. The van der Waals surface area contributed by atoms with Crippen molar-refractivity contribution in [3.63, 3.8) is 0 Å². The van der Waals surface area contributed by atoms with Gasteiger partial charge in [0, 0.05) is 24.7 Å². The molecule has 48 heavy (non-hydrogen) atoms. The number of sulfonamides is 1. The second-order valence-electron chi connectivity index (χ2n) is 13.2. The first kappa shape index (κ1) is 36.4. The molecule has 4 atom stereocenters. The molecule has 3 aromatic carbocycles. The number of ether oxygens (including phenoxy) is 1. The topological polar surface area (TPSA) is 145 Å². The first-order valence-corrected chi connectivity index (χ1v) is 17.9. The fraction of sp³-hybridized carbons (Fsp3) is 0.417. The van der Waals surface area contributed by atoms with Crippen LogP contribution in [0.4, 0.5) is 10.5 Å². The highest BCUT2D eigenvalue weighted by Crippen LogP contribution is 2.27. The van der Waals surface area contributed by atoms with Crippen molar-refractivity contribution in [1.82, 2.24) is 15.5 Å². The number of likely N-dealkylation sites (tertiary alicyclic amines) is 1. The average molecular weight is 679 g/mol. The van der Waals surface area contributed by atoms with Crippen LogP contribution in [0.5, 0.6) is 0 Å². The van der Waals surface area contributed by atoms with Crippen molar-refractivity contribution in [1.29, 1.82) is 0 Å². The molecule has 0 radical (unpaired) electrons. The van der Waals surface area contributed by atoms with Crippen molar-refractivity contribution in [3.8, 4) is 0 Å². The standard InChI is InChI=1S/C36H46N4O7S/c1-24(26-16-11-8-12-17-26)37-33(42)27-21-28(23-29(22-27)39(5)48(6,45)46)34(43)38-30(20-25-14-9-7-10-15-25)32(41)31-18-13-19-40(31)35(44)47-36(2,3)4/h7-12,14-17,21-24,30-32,41H,13,18-20H2,1-6H3,(H,37,42)(H,38,43)/t24-,30+,31?,32+/m1/s1. The molecule has 1 aliphatic heterocycles. The van der Waals surface area contributed by atoms with E-state index in [-0.39, 0.29) is 29.3 Å². The monoisotopic (exact) mass is 678 g/mol. The minimum absolute atomic E-state index is 0.0289. The average Bonchev–Trinajstić information content (AvgIpc) is 3.53. The molecular weight excluding hydrogens is 632 g/mol. The normalized spacial score (nSPS) is 16.8. The Labute approximate surface area is 283 Å². The van der Waals surface area contributed by atoms with Crippen LogP contribution >= 0.6 is 0 Å². The van der Waals surface area contributed by atoms with E-state index in [4.69, 9.17) is 4.74 Å². The highest BCUT2D eigenvalue weighted by Gasteiger charge is 2.40. The lowest BCUT2D eigenvalue weighted by Crippen LogP contribution is -2.54. The summed E-state index contributed by atoms with van der Waals surface area (Å²) < 4.78 is 31.6. The number of nitrogens with zero attached hydrogens (tertiary/aromatic N) is 2. The molecular formula is C36H46N4O7S. The number of carbonyl (C=O) groups excluding carboxylic acids is 3. The Bertz CT molecular complexity index is 1690. The lowest BCUT2D eigenvalue weighted by Gasteiger charge is -2.35. The Balaban J connectivity index is 1.66. The predicted molar refractivity (Wildman–Crippen MR) is 185 cm³/mol. The van der Waals surface area contributed by atoms with Gasteiger partial charge in [-0.1, -0.05) is 60.7 Å². The molecule has 12 heteroatoms. The molecule has 11 nitrogen and oxygen atoms in total. The summed E-state index contributed by atoms with van der Waals surface area (Å²) in [4.78, 5) is 42.0. The first-order chi connectivity index (χ1) is 22.5. The van der Waals surface area contributed by atoms with Crippen LogP contribution in [0.15, 0.2) is 78.9 Å². The summed E-state index contributed by atoms with van der Waals surface area (Å²) in [5.74, 6) is -1.12. The maximum Gasteiger partial charge on any atom is 0.410 e. The summed E-state index contributed by atoms with van der Waals surface area (Å²) in [5, 5.41) is 17.6. The van der Waals surface area contributed by atoms with Crippen molar-refractivity contribution in [3.05, 3.63) is 101 Å². The fourth-order valence-corrected chi connectivity index (χ4v) is 6.18. The van der Waals surface area contributed by atoms with Gasteiger partial charge in [0.25, 0.3) is 11.8 Å². The maximum atomic E-state index is 14.0. The smallest absolute Gasteiger partial charge is 0.410 e. The van der Waals surface area contributed by atoms with Crippen molar-refractivity contribution in [2.24, 2.45) is 0 Å². The lowest BCUT2D eigenvalue weighted by molar-refractivity contribution is -0.00161. The van der Waals surface area contributed by atoms with E-state index in [0.717, 1.165) is 21.7 Å². The SMILES string of the molecule is C[C@@H](NC(=O)c1cc(C(=O)N[C@@H](Cc2ccccc2)[C@H](O)C2CCCN2C(=O)OC(C)(C)C)cc(N(C)S(C)(=O)=O)c1)c1ccccc1. The Morgan fingerprint density at radius 3 is 2.08 bits per heavy atom. The van der Waals surface area contributed by atoms with Gasteiger partial charge in [-0.2, -0.15) is 0 Å². The lowest BCUT2D eigenvalue weighted by atomic mass is 9.94. The number of aliphatic hydroxyl groups is 1. The zero-order chi connectivity index (χ0) is 35.2. The van der Waals surface area contributed by atoms with Gasteiger partial charge in [0.2, 0.25) is 10.0 Å². The minimum Gasteiger partial charge on any atom is -0.444 e. The van der Waals surface area contributed by atoms with Crippen molar-refractivity contribution in [2.75, 3.05) is 24.2 Å². The number of anilines is 1. The first-order valence-electron chi connectivity index (χ1n) is 16.0. The predicted octanol–water partition coefficient (Wildman–Crippen LogP) is 4.67. The van der Waals surface area contributed by atoms with Gasteiger partial charge in [0.15, 0.2) is 0 Å². The molecule has 1 aliphatic rings. The van der Waals surface area contributed by atoms with Crippen LogP contribution in [0.2, 0.25) is 0 Å². The van der Waals surface area contributed by atoms with E-state index >= 15 is 0 Å². The summed E-state index contributed by atoms with van der Waals surface area (Å²) in [6, 6.07) is 21.1. The largest absolute Gasteiger partial charge is 0.444 e. The zero-order valence-corrected chi connectivity index (χ0v) is 29.2. The van der Waals surface area contributed by atoms with E-state index in [2.05, 4.69) is 10.6 Å². The maximum absolute atomic E-state index is 14.0. The molecule has 0 saturated carbocycles. The van der Waals surface area contributed by atoms with Crippen molar-refractivity contribution < 1.29 is 32.6 Å². The van der Waals surface area contributed by atoms with E-state index in [1.807, 2.05) is 67.6 Å². The van der Waals surface area contributed by atoms with E-state index in [1.54, 1.807) is 20.8 Å². The Morgan fingerprint density at radius 1 is 0.958 bits per heavy atom. The van der Waals surface area contributed by atoms with Crippen LogP contribution in [0, 0.1) is 0 Å². The minimum atomic E-state index is -3.74. The molecule has 3 amide bonds. The van der Waals surface area contributed by atoms with E-state index in [0.29, 0.717) is 19.4 Å². The van der Waals surface area contributed by atoms with Gasteiger partial charge in [0.05, 0.1) is 36.2 Å². The van der Waals surface area contributed by atoms with E-state index < -0.39 is 51.7 Å². The van der Waals surface area contributed by atoms with Gasteiger partial charge in [-0.3, -0.25) is 13.9 Å².